The average Bonchev–Trinajstić information content (AvgIpc) is 3.80. The Kier molecular flexibility index (Phi) is 10.2. The van der Waals surface area contributed by atoms with Crippen molar-refractivity contribution in [3.63, 3.8) is 0 Å². The van der Waals surface area contributed by atoms with Gasteiger partial charge < -0.3 is 15.0 Å². The highest BCUT2D eigenvalue weighted by atomic mass is 35.5. The third kappa shape index (κ3) is 6.76. The van der Waals surface area contributed by atoms with E-state index in [9.17, 15) is 9.18 Å². The molecule has 3 fully saturated rings. The van der Waals surface area contributed by atoms with E-state index in [1.165, 1.54) is 26.0 Å². The van der Waals surface area contributed by atoms with Gasteiger partial charge in [-0.2, -0.15) is 9.97 Å². The van der Waals surface area contributed by atoms with E-state index in [-0.39, 0.29) is 23.1 Å². The summed E-state index contributed by atoms with van der Waals surface area (Å²) in [6.45, 7) is 7.11. The lowest BCUT2D eigenvalue weighted by Gasteiger charge is -2.12. The lowest BCUT2D eigenvalue weighted by Crippen LogP contribution is -2.25. The van der Waals surface area contributed by atoms with Crippen LogP contribution in [0.15, 0.2) is 55.3 Å². The van der Waals surface area contributed by atoms with E-state index < -0.39 is 12.0 Å². The zero-order valence-corrected chi connectivity index (χ0v) is 25.8. The molecule has 44 heavy (non-hydrogen) atoms. The van der Waals surface area contributed by atoms with Crippen molar-refractivity contribution in [2.24, 2.45) is 0 Å². The first kappa shape index (κ1) is 31.5. The number of fused-ring (bicyclic) bond motifs is 3. The van der Waals surface area contributed by atoms with Gasteiger partial charge in [0.1, 0.15) is 23.2 Å². The van der Waals surface area contributed by atoms with E-state index in [0.717, 1.165) is 49.7 Å². The minimum absolute atomic E-state index is 0.0764. The molecule has 2 atom stereocenters. The standard InChI is InChI=1S/C19H14ClFN4O.C7H12FN.C7H11NO/c1-22-18-12-9-23-16(15(21)17(12)24-19(25-18)26-2)11-7-3-5-10-6-4-8-13(20)14(10)11;8-6-4-7-2-1-3-9(7)5-6;1-2-7(9)8-5-3-4-6-8/h3-9H,1-2H3,(H,22,24,25);6-7H,1-5H2;2H,1,3-6H2. The van der Waals surface area contributed by atoms with Crippen LogP contribution in [-0.2, 0) is 4.79 Å². The van der Waals surface area contributed by atoms with Crippen molar-refractivity contribution in [1.82, 2.24) is 24.8 Å². The number of alkyl halides is 1. The number of ether oxygens (including phenoxy) is 1. The number of hydrogen-bond donors (Lipinski definition) is 1. The first-order chi connectivity index (χ1) is 21.3. The molecule has 0 bridgehead atoms. The number of carbonyl (C=O) groups excluding carboxylic acids is 1. The molecule has 3 aliphatic heterocycles. The maximum Gasteiger partial charge on any atom is 0.318 e. The van der Waals surface area contributed by atoms with Crippen LogP contribution < -0.4 is 10.1 Å². The lowest BCUT2D eigenvalue weighted by atomic mass is 10.0. The molecule has 1 amide bonds. The van der Waals surface area contributed by atoms with Gasteiger partial charge in [-0.25, -0.2) is 8.78 Å². The van der Waals surface area contributed by atoms with Crippen molar-refractivity contribution in [3.05, 3.63) is 66.1 Å². The van der Waals surface area contributed by atoms with Crippen molar-refractivity contribution in [2.75, 3.05) is 45.7 Å². The van der Waals surface area contributed by atoms with Gasteiger partial charge in [0.05, 0.1) is 12.5 Å². The van der Waals surface area contributed by atoms with E-state index >= 15 is 4.39 Å². The lowest BCUT2D eigenvalue weighted by molar-refractivity contribution is -0.124. The predicted molar refractivity (Wildman–Crippen MR) is 171 cm³/mol. The van der Waals surface area contributed by atoms with Crippen LogP contribution in [0.5, 0.6) is 6.01 Å². The molecule has 0 radical (unpaired) electrons. The summed E-state index contributed by atoms with van der Waals surface area (Å²) in [5.74, 6) is -0.0274. The Bertz CT molecular complexity index is 1630. The molecule has 1 N–H and O–H groups in total. The summed E-state index contributed by atoms with van der Waals surface area (Å²) in [5.41, 5.74) is 0.922. The fourth-order valence-corrected chi connectivity index (χ4v) is 6.38. The number of pyridine rings is 1. The van der Waals surface area contributed by atoms with Gasteiger partial charge in [0.25, 0.3) is 0 Å². The minimum Gasteiger partial charge on any atom is -0.467 e. The van der Waals surface area contributed by atoms with Gasteiger partial charge in [-0.05, 0) is 56.2 Å². The highest BCUT2D eigenvalue weighted by molar-refractivity contribution is 6.36. The van der Waals surface area contributed by atoms with Crippen LogP contribution in [0.4, 0.5) is 14.6 Å². The monoisotopic (exact) mass is 622 g/mol. The Morgan fingerprint density at radius 3 is 2.57 bits per heavy atom. The quantitative estimate of drug-likeness (QED) is 0.254. The molecule has 2 aromatic carbocycles. The Morgan fingerprint density at radius 1 is 1.14 bits per heavy atom. The van der Waals surface area contributed by atoms with E-state index in [2.05, 4.69) is 31.7 Å². The van der Waals surface area contributed by atoms with Crippen LogP contribution in [0.3, 0.4) is 0 Å². The number of nitrogens with one attached hydrogen (secondary N) is 1. The summed E-state index contributed by atoms with van der Waals surface area (Å²) in [6.07, 6.45) is 8.05. The second-order valence-electron chi connectivity index (χ2n) is 11.0. The molecule has 5 heterocycles. The molecular weight excluding hydrogens is 586 g/mol. The van der Waals surface area contributed by atoms with Crippen molar-refractivity contribution in [3.8, 4) is 17.3 Å². The van der Waals surface area contributed by atoms with Crippen LogP contribution in [0.25, 0.3) is 32.9 Å². The molecule has 11 heteroatoms. The van der Waals surface area contributed by atoms with Gasteiger partial charge in [0.15, 0.2) is 5.82 Å². The topological polar surface area (TPSA) is 83.5 Å². The van der Waals surface area contributed by atoms with Crippen molar-refractivity contribution in [2.45, 2.75) is 44.3 Å². The highest BCUT2D eigenvalue weighted by Gasteiger charge is 2.34. The number of carbonyl (C=O) groups is 1. The summed E-state index contributed by atoms with van der Waals surface area (Å²) in [7, 11) is 3.13. The number of amides is 1. The normalized spacial score (nSPS) is 19.2. The Balaban J connectivity index is 0.000000172. The van der Waals surface area contributed by atoms with Crippen LogP contribution in [0.1, 0.15) is 32.1 Å². The molecule has 8 nitrogen and oxygen atoms in total. The molecular formula is C33H37ClF2N6O2. The Labute approximate surface area is 261 Å². The molecule has 2 aromatic heterocycles. The Morgan fingerprint density at radius 2 is 1.89 bits per heavy atom. The Hall–Kier alpha value is -3.89. The number of nitrogens with zero attached hydrogens (tertiary/aromatic N) is 5. The van der Waals surface area contributed by atoms with E-state index in [4.69, 9.17) is 16.3 Å². The maximum atomic E-state index is 15.4. The number of rotatable bonds is 4. The predicted octanol–water partition coefficient (Wildman–Crippen LogP) is 6.68. The zero-order chi connectivity index (χ0) is 31.2. The van der Waals surface area contributed by atoms with Crippen LogP contribution in [0, 0.1) is 5.82 Å². The summed E-state index contributed by atoms with van der Waals surface area (Å²) >= 11 is 6.37. The summed E-state index contributed by atoms with van der Waals surface area (Å²) < 4.78 is 33.1. The summed E-state index contributed by atoms with van der Waals surface area (Å²) in [5, 5.41) is 5.58. The van der Waals surface area contributed by atoms with Gasteiger partial charge >= 0.3 is 6.01 Å². The van der Waals surface area contributed by atoms with E-state index in [0.29, 0.717) is 34.4 Å². The fraction of sp³-hybridized carbons (Fsp3) is 0.394. The maximum absolute atomic E-state index is 15.4. The highest BCUT2D eigenvalue weighted by Crippen LogP contribution is 2.36. The molecule has 0 spiro atoms. The molecule has 0 aliphatic carbocycles. The number of aromatic nitrogens is 3. The van der Waals surface area contributed by atoms with Crippen molar-refractivity contribution >= 4 is 45.0 Å². The molecule has 0 saturated carbocycles. The van der Waals surface area contributed by atoms with Crippen molar-refractivity contribution < 1.29 is 18.3 Å². The molecule has 7 rings (SSSR count). The molecule has 232 valence electrons. The summed E-state index contributed by atoms with van der Waals surface area (Å²) in [6, 6.07) is 11.8. The first-order valence-electron chi connectivity index (χ1n) is 14.9. The number of benzene rings is 2. The number of likely N-dealkylation sites (tertiary alicyclic amines) is 1. The SMILES string of the molecule is C=CC(=O)N1CCCC1.CNc1nc(OC)nc2c(F)c(-c3cccc4cccc(Cl)c34)ncc12.FC1CC2CCCN2C1. The van der Waals surface area contributed by atoms with Gasteiger partial charge in [0.2, 0.25) is 5.91 Å². The van der Waals surface area contributed by atoms with Gasteiger partial charge in [-0.1, -0.05) is 48.5 Å². The molecule has 4 aromatic rings. The molecule has 3 aliphatic rings. The van der Waals surface area contributed by atoms with E-state index in [1.807, 2.05) is 29.2 Å². The average molecular weight is 623 g/mol. The number of hydrogen-bond acceptors (Lipinski definition) is 7. The smallest absolute Gasteiger partial charge is 0.318 e. The van der Waals surface area contributed by atoms with Crippen LogP contribution in [-0.4, -0.2) is 83.2 Å². The van der Waals surface area contributed by atoms with Crippen molar-refractivity contribution in [1.29, 1.82) is 0 Å². The fourth-order valence-electron chi connectivity index (χ4n) is 6.09. The molecule has 3 saturated heterocycles. The van der Waals surface area contributed by atoms with E-state index in [1.54, 1.807) is 25.4 Å². The van der Waals surface area contributed by atoms with Gasteiger partial charge in [-0.3, -0.25) is 14.7 Å². The zero-order valence-electron chi connectivity index (χ0n) is 25.0. The number of halogens is 3. The second-order valence-corrected chi connectivity index (χ2v) is 11.4. The number of anilines is 1. The largest absolute Gasteiger partial charge is 0.467 e. The first-order valence-corrected chi connectivity index (χ1v) is 15.3. The van der Waals surface area contributed by atoms with Gasteiger partial charge in [-0.15, -0.1) is 0 Å². The summed E-state index contributed by atoms with van der Waals surface area (Å²) in [4.78, 5) is 27.6. The minimum atomic E-state index is -0.549. The van der Waals surface area contributed by atoms with Crippen LogP contribution >= 0.6 is 11.6 Å². The van der Waals surface area contributed by atoms with Crippen LogP contribution in [0.2, 0.25) is 5.02 Å². The second kappa shape index (κ2) is 14.3. The van der Waals surface area contributed by atoms with Gasteiger partial charge in [0, 0.05) is 54.9 Å². The molecule has 2 unspecified atom stereocenters. The third-order valence-electron chi connectivity index (χ3n) is 8.24. The number of methoxy groups -OCH3 is 1. The third-order valence-corrected chi connectivity index (χ3v) is 8.56.